The van der Waals surface area contributed by atoms with Crippen molar-refractivity contribution in [2.75, 3.05) is 7.05 Å². The molecule has 1 nitrogen and oxygen atoms in total. The van der Waals surface area contributed by atoms with Crippen molar-refractivity contribution in [3.8, 4) is 0 Å². The third-order valence-corrected chi connectivity index (χ3v) is 0.881. The van der Waals surface area contributed by atoms with E-state index in [0.717, 1.165) is 6.42 Å². The van der Waals surface area contributed by atoms with Crippen LogP contribution in [0.2, 0.25) is 0 Å². The van der Waals surface area contributed by atoms with Gasteiger partial charge in [-0.15, -0.1) is 0 Å². The first-order chi connectivity index (χ1) is 3.31. The molecule has 0 bridgehead atoms. The molecular weight excluding hydrogens is 86.1 g/mol. The molecular formula is C6H12N. The number of hydrogen-bond acceptors (Lipinski definition) is 1. The van der Waals surface area contributed by atoms with Crippen molar-refractivity contribution < 1.29 is 0 Å². The highest BCUT2D eigenvalue weighted by atomic mass is 14.7. The van der Waals surface area contributed by atoms with Gasteiger partial charge in [-0.1, -0.05) is 6.92 Å². The fourth-order valence-corrected chi connectivity index (χ4v) is 0.387. The molecule has 0 saturated carbocycles. The Morgan fingerprint density at radius 3 is 2.43 bits per heavy atom. The third kappa shape index (κ3) is 3.50. The SMILES string of the molecule is C[CH]CC(C)=NC. The van der Waals surface area contributed by atoms with Gasteiger partial charge in [-0.05, 0) is 19.8 Å². The lowest BCUT2D eigenvalue weighted by Crippen LogP contribution is -1.87. The summed E-state index contributed by atoms with van der Waals surface area (Å²) in [5.41, 5.74) is 1.20. The van der Waals surface area contributed by atoms with E-state index in [9.17, 15) is 0 Å². The van der Waals surface area contributed by atoms with Gasteiger partial charge >= 0.3 is 0 Å². The molecule has 0 rings (SSSR count). The van der Waals surface area contributed by atoms with Gasteiger partial charge in [-0.2, -0.15) is 0 Å². The van der Waals surface area contributed by atoms with Gasteiger partial charge in [-0.25, -0.2) is 0 Å². The summed E-state index contributed by atoms with van der Waals surface area (Å²) in [6.07, 6.45) is 3.12. The minimum atomic E-state index is 1.02. The summed E-state index contributed by atoms with van der Waals surface area (Å²) >= 11 is 0. The molecule has 0 spiro atoms. The van der Waals surface area contributed by atoms with Crippen LogP contribution in [-0.2, 0) is 0 Å². The number of rotatable bonds is 2. The molecule has 0 saturated heterocycles. The molecule has 0 aliphatic rings. The van der Waals surface area contributed by atoms with E-state index < -0.39 is 0 Å². The molecule has 0 unspecified atom stereocenters. The summed E-state index contributed by atoms with van der Waals surface area (Å²) in [6, 6.07) is 0. The predicted molar refractivity (Wildman–Crippen MR) is 33.6 cm³/mol. The minimum absolute atomic E-state index is 1.02. The second kappa shape index (κ2) is 3.85. The molecule has 0 atom stereocenters. The quantitative estimate of drug-likeness (QED) is 0.466. The molecule has 0 aromatic carbocycles. The molecule has 1 heteroatoms. The molecule has 0 aromatic heterocycles. The maximum absolute atomic E-state index is 3.96. The Morgan fingerprint density at radius 1 is 1.71 bits per heavy atom. The normalized spacial score (nSPS) is 12.1. The zero-order chi connectivity index (χ0) is 5.70. The average molecular weight is 98.2 g/mol. The van der Waals surface area contributed by atoms with E-state index in [2.05, 4.69) is 11.4 Å². The summed E-state index contributed by atoms with van der Waals surface area (Å²) in [6.45, 7) is 4.06. The van der Waals surface area contributed by atoms with Crippen LogP contribution in [0.25, 0.3) is 0 Å². The van der Waals surface area contributed by atoms with Gasteiger partial charge in [0.25, 0.3) is 0 Å². The molecule has 1 radical (unpaired) electrons. The summed E-state index contributed by atoms with van der Waals surface area (Å²) in [7, 11) is 1.82. The second-order valence-electron chi connectivity index (χ2n) is 1.57. The van der Waals surface area contributed by atoms with Crippen LogP contribution in [0.15, 0.2) is 4.99 Å². The Morgan fingerprint density at radius 2 is 2.29 bits per heavy atom. The Balaban J connectivity index is 3.17. The average Bonchev–Trinajstić information content (AvgIpc) is 1.68. The van der Waals surface area contributed by atoms with E-state index >= 15 is 0 Å². The van der Waals surface area contributed by atoms with Gasteiger partial charge in [0.2, 0.25) is 0 Å². The van der Waals surface area contributed by atoms with Crippen LogP contribution < -0.4 is 0 Å². The summed E-state index contributed by atoms with van der Waals surface area (Å²) in [4.78, 5) is 3.96. The summed E-state index contributed by atoms with van der Waals surface area (Å²) in [5.74, 6) is 0. The summed E-state index contributed by atoms with van der Waals surface area (Å²) < 4.78 is 0. The Bertz CT molecular complexity index is 64.6. The van der Waals surface area contributed by atoms with Gasteiger partial charge in [-0.3, -0.25) is 4.99 Å². The highest BCUT2D eigenvalue weighted by molar-refractivity contribution is 5.82. The Hall–Kier alpha value is -0.330. The van der Waals surface area contributed by atoms with Crippen molar-refractivity contribution >= 4 is 5.71 Å². The van der Waals surface area contributed by atoms with Crippen molar-refractivity contribution in [2.24, 2.45) is 4.99 Å². The van der Waals surface area contributed by atoms with E-state index in [4.69, 9.17) is 0 Å². The molecule has 41 valence electrons. The van der Waals surface area contributed by atoms with Gasteiger partial charge in [0.05, 0.1) is 0 Å². The first-order valence-corrected chi connectivity index (χ1v) is 2.51. The van der Waals surface area contributed by atoms with Crippen molar-refractivity contribution in [1.82, 2.24) is 0 Å². The standard InChI is InChI=1S/C6H12N/c1-4-5-6(2)7-3/h4H,5H2,1-3H3. The van der Waals surface area contributed by atoms with E-state index in [1.54, 1.807) is 0 Å². The number of hydrogen-bond donors (Lipinski definition) is 0. The molecule has 7 heavy (non-hydrogen) atoms. The molecule has 0 amide bonds. The lowest BCUT2D eigenvalue weighted by molar-refractivity contribution is 1.22. The van der Waals surface area contributed by atoms with Crippen molar-refractivity contribution in [3.63, 3.8) is 0 Å². The first-order valence-electron chi connectivity index (χ1n) is 2.51. The van der Waals surface area contributed by atoms with Crippen LogP contribution in [0, 0.1) is 6.42 Å². The Kier molecular flexibility index (Phi) is 3.67. The lowest BCUT2D eigenvalue weighted by Gasteiger charge is -1.89. The zero-order valence-electron chi connectivity index (χ0n) is 5.23. The molecule has 0 N–H and O–H groups in total. The van der Waals surface area contributed by atoms with Gasteiger partial charge < -0.3 is 0 Å². The minimum Gasteiger partial charge on any atom is -0.298 e. The fraction of sp³-hybridized carbons (Fsp3) is 0.667. The monoisotopic (exact) mass is 98.1 g/mol. The molecule has 0 aliphatic heterocycles. The van der Waals surface area contributed by atoms with Gasteiger partial charge in [0, 0.05) is 12.8 Å². The first kappa shape index (κ1) is 6.67. The van der Waals surface area contributed by atoms with E-state index in [1.165, 1.54) is 5.71 Å². The topological polar surface area (TPSA) is 12.4 Å². The Labute approximate surface area is 45.5 Å². The molecule has 0 heterocycles. The van der Waals surface area contributed by atoms with Crippen LogP contribution >= 0.6 is 0 Å². The summed E-state index contributed by atoms with van der Waals surface area (Å²) in [5, 5.41) is 0. The molecule has 0 aromatic rings. The molecule has 0 aliphatic carbocycles. The highest BCUT2D eigenvalue weighted by Gasteiger charge is 1.82. The predicted octanol–water partition coefficient (Wildman–Crippen LogP) is 1.69. The van der Waals surface area contributed by atoms with Crippen LogP contribution in [0.4, 0.5) is 0 Å². The smallest absolute Gasteiger partial charge is 0.0276 e. The largest absolute Gasteiger partial charge is 0.298 e. The number of nitrogens with zero attached hydrogens (tertiary/aromatic N) is 1. The van der Waals surface area contributed by atoms with Crippen LogP contribution in [0.1, 0.15) is 20.3 Å². The number of aliphatic imine (C=N–C) groups is 1. The van der Waals surface area contributed by atoms with E-state index in [1.807, 2.05) is 20.9 Å². The highest BCUT2D eigenvalue weighted by Crippen LogP contribution is 1.86. The lowest BCUT2D eigenvalue weighted by atomic mass is 10.2. The van der Waals surface area contributed by atoms with Crippen LogP contribution in [0.3, 0.4) is 0 Å². The zero-order valence-corrected chi connectivity index (χ0v) is 5.23. The third-order valence-electron chi connectivity index (χ3n) is 0.881. The van der Waals surface area contributed by atoms with Crippen LogP contribution in [-0.4, -0.2) is 12.8 Å². The van der Waals surface area contributed by atoms with Crippen molar-refractivity contribution in [1.29, 1.82) is 0 Å². The van der Waals surface area contributed by atoms with Gasteiger partial charge in [0.15, 0.2) is 0 Å². The van der Waals surface area contributed by atoms with Crippen LogP contribution in [0.5, 0.6) is 0 Å². The maximum Gasteiger partial charge on any atom is 0.0276 e. The van der Waals surface area contributed by atoms with E-state index in [0.29, 0.717) is 0 Å². The molecule has 0 fully saturated rings. The maximum atomic E-state index is 3.96. The van der Waals surface area contributed by atoms with Gasteiger partial charge in [0.1, 0.15) is 0 Å². The van der Waals surface area contributed by atoms with Crippen molar-refractivity contribution in [3.05, 3.63) is 6.42 Å². The second-order valence-corrected chi connectivity index (χ2v) is 1.57. The van der Waals surface area contributed by atoms with Crippen molar-refractivity contribution in [2.45, 2.75) is 20.3 Å². The van der Waals surface area contributed by atoms with E-state index in [-0.39, 0.29) is 0 Å². The fourth-order valence-electron chi connectivity index (χ4n) is 0.387.